The lowest BCUT2D eigenvalue weighted by Gasteiger charge is -2.30. The largest absolute Gasteiger partial charge is 0.508 e. The molecule has 1 fully saturated rings. The fraction of sp³-hybridized carbons (Fsp3) is 0.240. The van der Waals surface area contributed by atoms with Crippen LogP contribution >= 0.6 is 0 Å². The van der Waals surface area contributed by atoms with Crippen LogP contribution in [0.4, 0.5) is 16.2 Å². The summed E-state index contributed by atoms with van der Waals surface area (Å²) in [7, 11) is 0. The summed E-state index contributed by atoms with van der Waals surface area (Å²) in [6.07, 6.45) is 4.18. The first kappa shape index (κ1) is 22.3. The highest BCUT2D eigenvalue weighted by Gasteiger charge is 2.28. The summed E-state index contributed by atoms with van der Waals surface area (Å²) < 4.78 is 5.89. The molecular formula is C25H26N4O4. The van der Waals surface area contributed by atoms with Gasteiger partial charge in [-0.05, 0) is 74.0 Å². The van der Waals surface area contributed by atoms with E-state index >= 15 is 0 Å². The van der Waals surface area contributed by atoms with Crippen LogP contribution in [0.3, 0.4) is 0 Å². The molecule has 3 aromatic rings. The second-order valence-corrected chi connectivity index (χ2v) is 7.87. The van der Waals surface area contributed by atoms with Crippen molar-refractivity contribution in [2.45, 2.75) is 18.9 Å². The Kier molecular flexibility index (Phi) is 7.16. The molecule has 2 amide bonds. The van der Waals surface area contributed by atoms with Crippen molar-refractivity contribution in [3.05, 3.63) is 84.2 Å². The summed E-state index contributed by atoms with van der Waals surface area (Å²) >= 11 is 0. The van der Waals surface area contributed by atoms with E-state index in [9.17, 15) is 14.7 Å². The first-order chi connectivity index (χ1) is 16.1. The van der Waals surface area contributed by atoms with Crippen molar-refractivity contribution in [2.24, 2.45) is 5.92 Å². The lowest BCUT2D eigenvalue weighted by Crippen LogP contribution is -2.33. The minimum absolute atomic E-state index is 0.00213. The molecule has 8 heteroatoms. The van der Waals surface area contributed by atoms with E-state index in [0.717, 1.165) is 31.5 Å². The number of nitrogens with one attached hydrogen (secondary N) is 3. The second-order valence-electron chi connectivity index (χ2n) is 7.87. The van der Waals surface area contributed by atoms with E-state index in [1.165, 1.54) is 12.1 Å². The van der Waals surface area contributed by atoms with Crippen molar-refractivity contribution in [2.75, 3.05) is 23.7 Å². The Morgan fingerprint density at radius 2 is 1.67 bits per heavy atom. The van der Waals surface area contributed by atoms with Crippen molar-refractivity contribution < 1.29 is 19.4 Å². The highest BCUT2D eigenvalue weighted by atomic mass is 16.6. The molecule has 0 aliphatic carbocycles. The van der Waals surface area contributed by atoms with Gasteiger partial charge in [-0.25, -0.2) is 4.79 Å². The predicted octanol–water partition coefficient (Wildman–Crippen LogP) is 4.33. The van der Waals surface area contributed by atoms with Gasteiger partial charge in [0.25, 0.3) is 5.91 Å². The number of phenols is 1. The quantitative estimate of drug-likeness (QED) is 0.448. The van der Waals surface area contributed by atoms with Crippen LogP contribution in [-0.4, -0.2) is 35.2 Å². The fourth-order valence-corrected chi connectivity index (χ4v) is 3.93. The number of piperidine rings is 1. The molecule has 33 heavy (non-hydrogen) atoms. The van der Waals surface area contributed by atoms with E-state index in [-0.39, 0.29) is 11.7 Å². The summed E-state index contributed by atoms with van der Waals surface area (Å²) in [5.41, 5.74) is 2.04. The minimum atomic E-state index is -0.602. The summed E-state index contributed by atoms with van der Waals surface area (Å²) in [6.45, 7) is 1.75. The Morgan fingerprint density at radius 3 is 2.36 bits per heavy atom. The fourth-order valence-electron chi connectivity index (χ4n) is 3.93. The predicted molar refractivity (Wildman–Crippen MR) is 125 cm³/mol. The van der Waals surface area contributed by atoms with Gasteiger partial charge in [-0.1, -0.05) is 18.2 Å². The first-order valence-corrected chi connectivity index (χ1v) is 10.9. The molecule has 0 radical (unpaired) electrons. The van der Waals surface area contributed by atoms with Crippen molar-refractivity contribution in [1.82, 2.24) is 10.3 Å². The van der Waals surface area contributed by atoms with Crippen LogP contribution in [0.15, 0.2) is 73.1 Å². The zero-order valence-corrected chi connectivity index (χ0v) is 18.0. The summed E-state index contributed by atoms with van der Waals surface area (Å²) in [5, 5.41) is 18.5. The molecule has 170 valence electrons. The molecule has 4 rings (SSSR count). The number of carbonyl (C=O) groups is 2. The molecule has 1 aliphatic heterocycles. The molecule has 0 bridgehead atoms. The minimum Gasteiger partial charge on any atom is -0.508 e. The summed E-state index contributed by atoms with van der Waals surface area (Å²) in [4.78, 5) is 29.5. The van der Waals surface area contributed by atoms with Gasteiger partial charge in [0.1, 0.15) is 11.9 Å². The van der Waals surface area contributed by atoms with Crippen molar-refractivity contribution >= 4 is 23.4 Å². The van der Waals surface area contributed by atoms with Crippen LogP contribution in [0, 0.1) is 5.92 Å². The van der Waals surface area contributed by atoms with E-state index in [1.54, 1.807) is 48.8 Å². The SMILES string of the molecule is O=C(Nc1ccccc1NC(=O)c1cccc(O)c1)OC(c1ccncc1)C1CCNCC1. The standard InChI is InChI=1S/C25H26N4O4/c30-20-5-3-4-19(16-20)24(31)28-21-6-1-2-7-22(21)29-25(32)33-23(17-8-12-26-13-9-17)18-10-14-27-15-11-18/h1-9,12-13,16,18,23,27,30H,10-11,14-15H2,(H,28,31)(H,29,32). The lowest BCUT2D eigenvalue weighted by atomic mass is 9.88. The third-order valence-corrected chi connectivity index (χ3v) is 5.60. The molecule has 2 aromatic carbocycles. The Bertz CT molecular complexity index is 1100. The van der Waals surface area contributed by atoms with Crippen molar-refractivity contribution in [1.29, 1.82) is 0 Å². The molecule has 0 spiro atoms. The maximum Gasteiger partial charge on any atom is 0.412 e. The summed E-state index contributed by atoms with van der Waals surface area (Å²) in [6, 6.07) is 16.7. The molecule has 8 nitrogen and oxygen atoms in total. The number of nitrogens with zero attached hydrogens (tertiary/aromatic N) is 1. The monoisotopic (exact) mass is 446 g/mol. The third-order valence-electron chi connectivity index (χ3n) is 5.60. The Balaban J connectivity index is 1.48. The van der Waals surface area contributed by atoms with Gasteiger partial charge in [0.05, 0.1) is 11.4 Å². The number of hydrogen-bond donors (Lipinski definition) is 4. The maximum absolute atomic E-state index is 12.9. The number of rotatable bonds is 6. The van der Waals surface area contributed by atoms with Gasteiger partial charge in [0, 0.05) is 23.9 Å². The Labute approximate surface area is 192 Å². The van der Waals surface area contributed by atoms with Gasteiger partial charge in [-0.15, -0.1) is 0 Å². The average molecular weight is 447 g/mol. The van der Waals surface area contributed by atoms with E-state index in [2.05, 4.69) is 20.9 Å². The van der Waals surface area contributed by atoms with Gasteiger partial charge in [0.15, 0.2) is 0 Å². The van der Waals surface area contributed by atoms with Crippen LogP contribution in [0.25, 0.3) is 0 Å². The number of para-hydroxylation sites is 2. The molecular weight excluding hydrogens is 420 g/mol. The van der Waals surface area contributed by atoms with Crippen LogP contribution < -0.4 is 16.0 Å². The highest BCUT2D eigenvalue weighted by Crippen LogP contribution is 2.33. The smallest absolute Gasteiger partial charge is 0.412 e. The number of anilines is 2. The molecule has 1 unspecified atom stereocenters. The topological polar surface area (TPSA) is 113 Å². The molecule has 4 N–H and O–H groups in total. The van der Waals surface area contributed by atoms with Gasteiger partial charge >= 0.3 is 6.09 Å². The molecule has 2 heterocycles. The lowest BCUT2D eigenvalue weighted by molar-refractivity contribution is 0.0591. The molecule has 1 aromatic heterocycles. The average Bonchev–Trinajstić information content (AvgIpc) is 2.85. The zero-order valence-electron chi connectivity index (χ0n) is 18.0. The maximum atomic E-state index is 12.9. The number of amides is 2. The Hall–Kier alpha value is -3.91. The zero-order chi connectivity index (χ0) is 23.0. The number of aromatic nitrogens is 1. The molecule has 1 saturated heterocycles. The summed E-state index contributed by atoms with van der Waals surface area (Å²) in [5.74, 6) is -0.212. The second kappa shape index (κ2) is 10.6. The number of ether oxygens (including phenoxy) is 1. The molecule has 1 aliphatic rings. The van der Waals surface area contributed by atoms with Crippen molar-refractivity contribution in [3.63, 3.8) is 0 Å². The number of benzene rings is 2. The number of phenolic OH excluding ortho intramolecular Hbond substituents is 1. The van der Waals surface area contributed by atoms with E-state index < -0.39 is 18.1 Å². The van der Waals surface area contributed by atoms with Gasteiger partial charge in [-0.3, -0.25) is 15.1 Å². The van der Waals surface area contributed by atoms with Gasteiger partial charge < -0.3 is 20.5 Å². The molecule has 1 atom stereocenters. The van der Waals surface area contributed by atoms with Crippen LogP contribution in [0.5, 0.6) is 5.75 Å². The van der Waals surface area contributed by atoms with Gasteiger partial charge in [-0.2, -0.15) is 0 Å². The highest BCUT2D eigenvalue weighted by molar-refractivity contribution is 6.07. The van der Waals surface area contributed by atoms with Crippen LogP contribution in [0.2, 0.25) is 0 Å². The number of pyridine rings is 1. The van der Waals surface area contributed by atoms with Crippen LogP contribution in [0.1, 0.15) is 34.9 Å². The first-order valence-electron chi connectivity index (χ1n) is 10.9. The van der Waals surface area contributed by atoms with Crippen LogP contribution in [-0.2, 0) is 4.74 Å². The number of hydrogen-bond acceptors (Lipinski definition) is 6. The van der Waals surface area contributed by atoms with Gasteiger partial charge in [0.2, 0.25) is 0 Å². The Morgan fingerprint density at radius 1 is 0.970 bits per heavy atom. The molecule has 0 saturated carbocycles. The number of carbonyl (C=O) groups excluding carboxylic acids is 2. The van der Waals surface area contributed by atoms with E-state index in [0.29, 0.717) is 16.9 Å². The van der Waals surface area contributed by atoms with E-state index in [1.807, 2.05) is 12.1 Å². The normalized spacial score (nSPS) is 14.8. The third kappa shape index (κ3) is 5.87. The van der Waals surface area contributed by atoms with Crippen molar-refractivity contribution in [3.8, 4) is 5.75 Å². The van der Waals surface area contributed by atoms with E-state index in [4.69, 9.17) is 4.74 Å². The number of aromatic hydroxyl groups is 1.